The Labute approximate surface area is 180 Å². The van der Waals surface area contributed by atoms with Crippen molar-refractivity contribution >= 4 is 28.7 Å². The molecular formula is C19H22ClN3O8. The maximum absolute atomic E-state index is 12.4. The van der Waals surface area contributed by atoms with Crippen molar-refractivity contribution in [2.24, 2.45) is 5.73 Å². The Kier molecular flexibility index (Phi) is 6.70. The lowest BCUT2D eigenvalue weighted by atomic mass is 10.1. The number of nitrogens with zero attached hydrogens (tertiary/aromatic N) is 2. The summed E-state index contributed by atoms with van der Waals surface area (Å²) in [7, 11) is 0. The van der Waals surface area contributed by atoms with Crippen LogP contribution < -0.4 is 16.2 Å². The van der Waals surface area contributed by atoms with Gasteiger partial charge in [0.1, 0.15) is 24.2 Å². The number of aliphatic hydroxyl groups excluding tert-OH is 2. The van der Waals surface area contributed by atoms with E-state index in [1.165, 1.54) is 19.1 Å². The van der Waals surface area contributed by atoms with Gasteiger partial charge in [-0.2, -0.15) is 0 Å². The van der Waals surface area contributed by atoms with Gasteiger partial charge < -0.3 is 34.3 Å². The van der Waals surface area contributed by atoms with Crippen molar-refractivity contribution in [3.8, 4) is 5.75 Å². The molecule has 0 aliphatic heterocycles. The largest absolute Gasteiger partial charge is 0.482 e. The number of benzene rings is 1. The van der Waals surface area contributed by atoms with Crippen molar-refractivity contribution in [1.82, 2.24) is 9.55 Å². The number of carbonyl (C=O) groups excluding carboxylic acids is 1. The smallest absolute Gasteiger partial charge is 0.420 e. The summed E-state index contributed by atoms with van der Waals surface area (Å²) in [5, 5.41) is 18.6. The number of hydrogen-bond acceptors (Lipinski definition) is 10. The minimum atomic E-state index is -1.49. The van der Waals surface area contributed by atoms with Crippen LogP contribution in [-0.4, -0.2) is 51.1 Å². The van der Waals surface area contributed by atoms with E-state index in [1.807, 2.05) is 0 Å². The van der Waals surface area contributed by atoms with Gasteiger partial charge in [0.05, 0.1) is 35.5 Å². The van der Waals surface area contributed by atoms with Crippen LogP contribution in [0.15, 0.2) is 32.0 Å². The number of rotatable bonds is 9. The first-order valence-electron chi connectivity index (χ1n) is 9.23. The lowest BCUT2D eigenvalue weighted by molar-refractivity contribution is -0.150. The number of carbonyl (C=O) groups is 1. The molecule has 1 atom stereocenters. The number of aryl methyl sites for hydroxylation is 1. The van der Waals surface area contributed by atoms with Crippen molar-refractivity contribution in [2.75, 3.05) is 19.8 Å². The fourth-order valence-corrected chi connectivity index (χ4v) is 2.92. The fraction of sp³-hybridized carbons (Fsp3) is 0.421. The highest BCUT2D eigenvalue weighted by molar-refractivity contribution is 6.32. The summed E-state index contributed by atoms with van der Waals surface area (Å²) in [6, 6.07) is 1.76. The second kappa shape index (κ2) is 9.10. The summed E-state index contributed by atoms with van der Waals surface area (Å²) in [6.07, 6.45) is 1.55. The lowest BCUT2D eigenvalue weighted by Gasteiger charge is -2.24. The standard InChI is InChI=1S/C19H22ClN3O8/c1-10-5-22-16(30-10)6-28-14-4-15-13(3-12(14)20)23(18(27)31-15)11(2)17(26)29-9-19(21,7-24)8-25/h3-5,11,24-25H,6-9,21H2,1-2H3. The number of aliphatic hydroxyl groups is 2. The van der Waals surface area contributed by atoms with Crippen LogP contribution >= 0.6 is 11.6 Å². The molecule has 0 radical (unpaired) electrons. The van der Waals surface area contributed by atoms with Crippen molar-refractivity contribution in [1.29, 1.82) is 0 Å². The number of esters is 1. The molecule has 11 nitrogen and oxygen atoms in total. The van der Waals surface area contributed by atoms with Crippen LogP contribution in [0.5, 0.6) is 5.75 Å². The molecule has 2 aromatic heterocycles. The highest BCUT2D eigenvalue weighted by atomic mass is 35.5. The summed E-state index contributed by atoms with van der Waals surface area (Å²) in [5.74, 6) is -0.392. The maximum atomic E-state index is 12.4. The van der Waals surface area contributed by atoms with Crippen LogP contribution in [0.4, 0.5) is 0 Å². The minimum absolute atomic E-state index is 0.0172. The molecule has 3 aromatic rings. The molecule has 3 rings (SSSR count). The molecule has 1 unspecified atom stereocenters. The average molecular weight is 456 g/mol. The molecule has 0 aliphatic carbocycles. The van der Waals surface area contributed by atoms with Crippen molar-refractivity contribution in [3.63, 3.8) is 0 Å². The molecule has 31 heavy (non-hydrogen) atoms. The van der Waals surface area contributed by atoms with Gasteiger partial charge in [-0.25, -0.2) is 14.6 Å². The molecule has 0 bridgehead atoms. The van der Waals surface area contributed by atoms with Crippen LogP contribution in [0, 0.1) is 6.92 Å². The highest BCUT2D eigenvalue weighted by Gasteiger charge is 2.29. The molecule has 0 saturated heterocycles. The van der Waals surface area contributed by atoms with Gasteiger partial charge in [0, 0.05) is 6.07 Å². The Bertz CT molecular complexity index is 1130. The Morgan fingerprint density at radius 1 is 1.35 bits per heavy atom. The van der Waals surface area contributed by atoms with E-state index >= 15 is 0 Å². The number of fused-ring (bicyclic) bond motifs is 1. The quantitative estimate of drug-likeness (QED) is 0.395. The number of aromatic nitrogens is 2. The zero-order valence-electron chi connectivity index (χ0n) is 16.8. The molecule has 12 heteroatoms. The third-order valence-corrected chi connectivity index (χ3v) is 4.84. The van der Waals surface area contributed by atoms with Gasteiger partial charge in [0.2, 0.25) is 5.89 Å². The summed E-state index contributed by atoms with van der Waals surface area (Å²) in [6.45, 7) is 1.57. The van der Waals surface area contributed by atoms with Gasteiger partial charge >= 0.3 is 11.7 Å². The summed E-state index contributed by atoms with van der Waals surface area (Å²) >= 11 is 6.28. The van der Waals surface area contributed by atoms with E-state index < -0.39 is 43.1 Å². The SMILES string of the molecule is Cc1cnc(COc2cc3oc(=O)n(C(C)C(=O)OCC(N)(CO)CO)c3cc2Cl)o1. The number of halogens is 1. The third kappa shape index (κ3) is 4.90. The zero-order chi connectivity index (χ0) is 22.8. The average Bonchev–Trinajstić information content (AvgIpc) is 3.31. The monoisotopic (exact) mass is 455 g/mol. The molecule has 1 aromatic carbocycles. The lowest BCUT2D eigenvalue weighted by Crippen LogP contribution is -2.52. The molecule has 4 N–H and O–H groups in total. The second-order valence-electron chi connectivity index (χ2n) is 7.10. The van der Waals surface area contributed by atoms with Crippen LogP contribution in [-0.2, 0) is 16.1 Å². The Morgan fingerprint density at radius 3 is 2.68 bits per heavy atom. The first kappa shape index (κ1) is 22.8. The van der Waals surface area contributed by atoms with E-state index in [0.717, 1.165) is 4.57 Å². The van der Waals surface area contributed by atoms with Crippen molar-refractivity contribution in [3.05, 3.63) is 45.6 Å². The number of oxazole rings is 2. The second-order valence-corrected chi connectivity index (χ2v) is 7.51. The number of nitrogens with two attached hydrogens (primary N) is 1. The first-order chi connectivity index (χ1) is 14.7. The van der Waals surface area contributed by atoms with Crippen molar-refractivity contribution < 1.29 is 33.3 Å². The van der Waals surface area contributed by atoms with E-state index in [9.17, 15) is 19.8 Å². The Balaban J connectivity index is 1.81. The normalized spacial score (nSPS) is 12.8. The zero-order valence-corrected chi connectivity index (χ0v) is 17.6. The highest BCUT2D eigenvalue weighted by Crippen LogP contribution is 2.31. The van der Waals surface area contributed by atoms with Crippen LogP contribution in [0.25, 0.3) is 11.1 Å². The Hall–Kier alpha value is -2.86. The number of hydrogen-bond donors (Lipinski definition) is 3. The first-order valence-corrected chi connectivity index (χ1v) is 9.61. The van der Waals surface area contributed by atoms with Crippen LogP contribution in [0.1, 0.15) is 24.6 Å². The van der Waals surface area contributed by atoms with Gasteiger partial charge in [-0.3, -0.25) is 4.57 Å². The van der Waals surface area contributed by atoms with E-state index in [-0.39, 0.29) is 28.5 Å². The minimum Gasteiger partial charge on any atom is -0.482 e. The predicted molar refractivity (Wildman–Crippen MR) is 108 cm³/mol. The van der Waals surface area contributed by atoms with E-state index in [0.29, 0.717) is 11.7 Å². The molecule has 0 aliphatic rings. The molecule has 0 saturated carbocycles. The molecule has 0 spiro atoms. The van der Waals surface area contributed by atoms with Gasteiger partial charge in [-0.05, 0) is 19.9 Å². The summed E-state index contributed by atoms with van der Waals surface area (Å²) in [4.78, 5) is 28.8. The molecule has 0 amide bonds. The number of ether oxygens (including phenoxy) is 2. The summed E-state index contributed by atoms with van der Waals surface area (Å²) < 4.78 is 22.3. The third-order valence-electron chi connectivity index (χ3n) is 4.55. The van der Waals surface area contributed by atoms with E-state index in [4.69, 9.17) is 35.6 Å². The van der Waals surface area contributed by atoms with Crippen molar-refractivity contribution in [2.45, 2.75) is 32.0 Å². The van der Waals surface area contributed by atoms with Gasteiger partial charge in [0.15, 0.2) is 12.2 Å². The predicted octanol–water partition coefficient (Wildman–Crippen LogP) is 0.910. The molecular weight excluding hydrogens is 434 g/mol. The molecule has 2 heterocycles. The molecule has 168 valence electrons. The topological polar surface area (TPSA) is 163 Å². The van der Waals surface area contributed by atoms with Gasteiger partial charge in [-0.15, -0.1) is 0 Å². The Morgan fingerprint density at radius 2 is 2.06 bits per heavy atom. The molecule has 0 fully saturated rings. The van der Waals surface area contributed by atoms with Gasteiger partial charge in [0.25, 0.3) is 0 Å². The van der Waals surface area contributed by atoms with Crippen LogP contribution in [0.2, 0.25) is 5.02 Å². The van der Waals surface area contributed by atoms with E-state index in [1.54, 1.807) is 13.1 Å². The summed E-state index contributed by atoms with van der Waals surface area (Å²) in [5.41, 5.74) is 4.59. The van der Waals surface area contributed by atoms with Gasteiger partial charge in [-0.1, -0.05) is 11.6 Å². The fourth-order valence-electron chi connectivity index (χ4n) is 2.70. The van der Waals surface area contributed by atoms with E-state index in [2.05, 4.69) is 4.98 Å². The van der Waals surface area contributed by atoms with Crippen LogP contribution in [0.3, 0.4) is 0 Å². The maximum Gasteiger partial charge on any atom is 0.420 e.